The molecule has 0 aromatic heterocycles. The van der Waals surface area contributed by atoms with Crippen LogP contribution in [0.5, 0.6) is 5.75 Å². The van der Waals surface area contributed by atoms with Gasteiger partial charge in [-0.25, -0.2) is 0 Å². The Kier molecular flexibility index (Phi) is 3.84. The molecule has 2 aliphatic heterocycles. The van der Waals surface area contributed by atoms with E-state index in [4.69, 9.17) is 4.74 Å². The number of alkyl halides is 1. The number of nitrogens with zero attached hydrogens (tertiary/aromatic N) is 2. The second-order valence-electron chi connectivity index (χ2n) is 7.09. The van der Waals surface area contributed by atoms with E-state index in [1.54, 1.807) is 12.1 Å². The minimum absolute atomic E-state index is 0.0687. The van der Waals surface area contributed by atoms with Crippen LogP contribution in [-0.2, 0) is 5.41 Å². The molecule has 1 unspecified atom stereocenters. The third-order valence-corrected chi connectivity index (χ3v) is 5.79. The predicted octanol–water partition coefficient (Wildman–Crippen LogP) is 4.89. The molecule has 4 rings (SSSR count). The van der Waals surface area contributed by atoms with E-state index in [0.717, 1.165) is 23.1 Å². The number of hydrogen-bond donors (Lipinski definition) is 0. The summed E-state index contributed by atoms with van der Waals surface area (Å²) in [7, 11) is 0. The number of para-hydroxylation sites is 1. The van der Waals surface area contributed by atoms with Gasteiger partial charge < -0.3 is 9.64 Å². The van der Waals surface area contributed by atoms with Gasteiger partial charge >= 0.3 is 0 Å². The normalized spacial score (nSPS) is 22.0. The Morgan fingerprint density at radius 3 is 2.73 bits per heavy atom. The maximum atomic E-state index is 11.1. The highest BCUT2D eigenvalue weighted by Gasteiger charge is 2.58. The average Bonchev–Trinajstić information content (AvgIpc) is 2.81. The van der Waals surface area contributed by atoms with Crippen LogP contribution in [0.25, 0.3) is 6.08 Å². The van der Waals surface area contributed by atoms with Crippen LogP contribution in [0, 0.1) is 10.1 Å². The Bertz CT molecular complexity index is 925. The molecule has 0 fully saturated rings. The standard InChI is InChI=1S/C20H19BrN2O3/c1-19(2)16-5-3-4-6-17(16)22(12-11-21)20(19)10-9-14-13-15(23(24)25)7-8-18(14)26-20/h3-10,13H,11-12H2,1-2H3. The molecule has 1 spiro atoms. The smallest absolute Gasteiger partial charge is 0.270 e. The summed E-state index contributed by atoms with van der Waals surface area (Å²) < 4.78 is 6.57. The Hall–Kier alpha value is -2.34. The fraction of sp³-hybridized carbons (Fsp3) is 0.300. The molecule has 0 aliphatic carbocycles. The molecule has 0 saturated heterocycles. The SMILES string of the molecule is CC1(C)c2ccccc2N(CCBr)C12C=Cc1cc([N+](=O)[O-])ccc1O2. The van der Waals surface area contributed by atoms with Crippen molar-refractivity contribution in [3.8, 4) is 5.75 Å². The van der Waals surface area contributed by atoms with Crippen molar-refractivity contribution in [1.29, 1.82) is 0 Å². The van der Waals surface area contributed by atoms with Crippen LogP contribution >= 0.6 is 15.9 Å². The largest absolute Gasteiger partial charge is 0.463 e. The Morgan fingerprint density at radius 2 is 2.00 bits per heavy atom. The van der Waals surface area contributed by atoms with E-state index in [1.165, 1.54) is 11.6 Å². The van der Waals surface area contributed by atoms with Crippen LogP contribution in [0.4, 0.5) is 11.4 Å². The van der Waals surface area contributed by atoms with Gasteiger partial charge in [-0.3, -0.25) is 10.1 Å². The van der Waals surface area contributed by atoms with Gasteiger partial charge in [0.05, 0.1) is 10.3 Å². The van der Waals surface area contributed by atoms with E-state index in [-0.39, 0.29) is 16.0 Å². The average molecular weight is 415 g/mol. The lowest BCUT2D eigenvalue weighted by molar-refractivity contribution is -0.384. The number of fused-ring (bicyclic) bond motifs is 2. The second-order valence-corrected chi connectivity index (χ2v) is 7.89. The summed E-state index contributed by atoms with van der Waals surface area (Å²) in [5, 5.41) is 11.9. The molecule has 2 aromatic carbocycles. The molecule has 134 valence electrons. The van der Waals surface area contributed by atoms with Crippen LogP contribution in [-0.4, -0.2) is 22.5 Å². The number of hydrogen-bond acceptors (Lipinski definition) is 4. The minimum atomic E-state index is -0.673. The molecular weight excluding hydrogens is 396 g/mol. The quantitative estimate of drug-likeness (QED) is 0.407. The Labute approximate surface area is 160 Å². The number of ether oxygens (including phenoxy) is 1. The van der Waals surface area contributed by atoms with Gasteiger partial charge in [-0.05, 0) is 43.7 Å². The zero-order chi connectivity index (χ0) is 18.5. The van der Waals surface area contributed by atoms with E-state index in [9.17, 15) is 10.1 Å². The molecule has 6 heteroatoms. The van der Waals surface area contributed by atoms with Crippen LogP contribution in [0.15, 0.2) is 48.5 Å². The second kappa shape index (κ2) is 5.84. The summed E-state index contributed by atoms with van der Waals surface area (Å²) in [6.07, 6.45) is 3.99. The molecule has 5 nitrogen and oxygen atoms in total. The molecule has 0 N–H and O–H groups in total. The molecule has 1 atom stereocenters. The fourth-order valence-electron chi connectivity index (χ4n) is 4.08. The van der Waals surface area contributed by atoms with E-state index >= 15 is 0 Å². The topological polar surface area (TPSA) is 55.6 Å². The van der Waals surface area contributed by atoms with Crippen molar-refractivity contribution >= 4 is 33.4 Å². The van der Waals surface area contributed by atoms with Gasteiger partial charge in [-0.2, -0.15) is 0 Å². The third-order valence-electron chi connectivity index (χ3n) is 5.43. The number of non-ortho nitro benzene ring substituents is 1. The summed E-state index contributed by atoms with van der Waals surface area (Å²) in [6.45, 7) is 5.15. The van der Waals surface area contributed by atoms with Crippen molar-refractivity contribution in [2.24, 2.45) is 0 Å². The van der Waals surface area contributed by atoms with Crippen molar-refractivity contribution in [3.05, 3.63) is 69.8 Å². The van der Waals surface area contributed by atoms with Gasteiger partial charge in [-0.1, -0.05) is 34.1 Å². The van der Waals surface area contributed by atoms with Gasteiger partial charge in [0.1, 0.15) is 5.75 Å². The van der Waals surface area contributed by atoms with E-state index in [2.05, 4.69) is 52.9 Å². The first kappa shape index (κ1) is 17.1. The van der Waals surface area contributed by atoms with E-state index in [0.29, 0.717) is 5.75 Å². The zero-order valence-electron chi connectivity index (χ0n) is 14.6. The number of anilines is 1. The number of halogens is 1. The molecule has 2 aromatic rings. The Morgan fingerprint density at radius 1 is 1.23 bits per heavy atom. The van der Waals surface area contributed by atoms with Gasteiger partial charge in [0.15, 0.2) is 0 Å². The van der Waals surface area contributed by atoms with Crippen LogP contribution in [0.3, 0.4) is 0 Å². The number of nitro benzene ring substituents is 1. The summed E-state index contributed by atoms with van der Waals surface area (Å²) in [6, 6.07) is 13.1. The van der Waals surface area contributed by atoms with Crippen molar-refractivity contribution in [2.75, 3.05) is 16.8 Å². The first-order valence-electron chi connectivity index (χ1n) is 8.50. The van der Waals surface area contributed by atoms with Crippen LogP contribution < -0.4 is 9.64 Å². The number of benzene rings is 2. The highest BCUT2D eigenvalue weighted by molar-refractivity contribution is 9.09. The highest BCUT2D eigenvalue weighted by atomic mass is 79.9. The van der Waals surface area contributed by atoms with Crippen molar-refractivity contribution in [2.45, 2.75) is 25.0 Å². The van der Waals surface area contributed by atoms with E-state index < -0.39 is 5.72 Å². The summed E-state index contributed by atoms with van der Waals surface area (Å²) in [5.74, 6) is 0.665. The molecule has 26 heavy (non-hydrogen) atoms. The third kappa shape index (κ3) is 2.21. The highest BCUT2D eigenvalue weighted by Crippen LogP contribution is 2.54. The van der Waals surface area contributed by atoms with Gasteiger partial charge in [0.2, 0.25) is 5.72 Å². The van der Waals surface area contributed by atoms with Crippen LogP contribution in [0.2, 0.25) is 0 Å². The zero-order valence-corrected chi connectivity index (χ0v) is 16.2. The van der Waals surface area contributed by atoms with Gasteiger partial charge in [-0.15, -0.1) is 0 Å². The molecule has 2 heterocycles. The number of nitro groups is 1. The monoisotopic (exact) mass is 414 g/mol. The summed E-state index contributed by atoms with van der Waals surface area (Å²) >= 11 is 3.56. The molecule has 0 amide bonds. The maximum absolute atomic E-state index is 11.1. The molecule has 2 aliphatic rings. The molecular formula is C20H19BrN2O3. The first-order valence-corrected chi connectivity index (χ1v) is 9.63. The predicted molar refractivity (Wildman–Crippen MR) is 106 cm³/mol. The molecule has 0 bridgehead atoms. The summed E-state index contributed by atoms with van der Waals surface area (Å²) in [4.78, 5) is 12.9. The van der Waals surface area contributed by atoms with Crippen molar-refractivity contribution in [1.82, 2.24) is 0 Å². The number of rotatable bonds is 3. The lowest BCUT2D eigenvalue weighted by atomic mass is 9.76. The fourth-order valence-corrected chi connectivity index (χ4v) is 4.43. The van der Waals surface area contributed by atoms with Crippen molar-refractivity contribution in [3.63, 3.8) is 0 Å². The Balaban J connectivity index is 1.86. The van der Waals surface area contributed by atoms with Gasteiger partial charge in [0.25, 0.3) is 5.69 Å². The van der Waals surface area contributed by atoms with Crippen LogP contribution in [0.1, 0.15) is 25.0 Å². The molecule has 0 saturated carbocycles. The van der Waals surface area contributed by atoms with E-state index in [1.807, 2.05) is 18.2 Å². The summed E-state index contributed by atoms with van der Waals surface area (Å²) in [5.41, 5.74) is 2.23. The van der Waals surface area contributed by atoms with Gasteiger partial charge in [0, 0.05) is 35.3 Å². The first-order chi connectivity index (χ1) is 12.4. The lowest BCUT2D eigenvalue weighted by Gasteiger charge is -2.47. The molecule has 0 radical (unpaired) electrons. The minimum Gasteiger partial charge on any atom is -0.463 e. The lowest BCUT2D eigenvalue weighted by Crippen LogP contribution is -2.60. The maximum Gasteiger partial charge on any atom is 0.270 e. The van der Waals surface area contributed by atoms with Crippen molar-refractivity contribution < 1.29 is 9.66 Å².